The fourth-order valence-electron chi connectivity index (χ4n) is 1.03. The molecule has 72 valence electrons. The molecule has 0 atom stereocenters. The van der Waals surface area contributed by atoms with Crippen molar-refractivity contribution < 1.29 is 0 Å². The van der Waals surface area contributed by atoms with Crippen molar-refractivity contribution in [2.75, 3.05) is 12.4 Å². The molecule has 0 saturated carbocycles. The molecule has 1 aromatic carbocycles. The van der Waals surface area contributed by atoms with Crippen molar-refractivity contribution in [2.24, 2.45) is 0 Å². The molecular weight excluding hydrogens is 160 g/mol. The van der Waals surface area contributed by atoms with Gasteiger partial charge in [0.1, 0.15) is 0 Å². The minimum absolute atomic E-state index is 0.938. The van der Waals surface area contributed by atoms with Crippen LogP contribution in [0.25, 0.3) is 0 Å². The molecule has 0 aliphatic heterocycles. The Balaban J connectivity index is 0.000000671. The summed E-state index contributed by atoms with van der Waals surface area (Å²) >= 11 is 0. The Morgan fingerprint density at radius 2 is 1.92 bits per heavy atom. The number of rotatable bonds is 2. The lowest BCUT2D eigenvalue weighted by Crippen LogP contribution is -1.94. The Morgan fingerprint density at radius 1 is 1.31 bits per heavy atom. The van der Waals surface area contributed by atoms with Crippen LogP contribution in [0.5, 0.6) is 0 Å². The second-order valence-corrected chi connectivity index (χ2v) is 2.49. The highest BCUT2D eigenvalue weighted by Gasteiger charge is 1.95. The van der Waals surface area contributed by atoms with Gasteiger partial charge in [-0.25, -0.2) is 0 Å². The van der Waals surface area contributed by atoms with Crippen molar-refractivity contribution in [2.45, 2.75) is 20.8 Å². The van der Waals surface area contributed by atoms with Crippen molar-refractivity contribution in [1.82, 2.24) is 0 Å². The normalized spacial score (nSPS) is 8.31. The quantitative estimate of drug-likeness (QED) is 0.671. The van der Waals surface area contributed by atoms with Gasteiger partial charge < -0.3 is 10.7 Å². The monoisotopic (exact) mass is 178 g/mol. The first-order valence-corrected chi connectivity index (χ1v) is 4.57. The van der Waals surface area contributed by atoms with E-state index in [1.54, 1.807) is 0 Å². The number of hydrogen-bond donors (Lipinski definition) is 2. The average molecular weight is 178 g/mol. The molecule has 1 aromatic rings. The molecule has 0 bridgehead atoms. The maximum Gasteiger partial charge on any atom is 0.0426 e. The van der Waals surface area contributed by atoms with Crippen molar-refractivity contribution in [3.63, 3.8) is 0 Å². The summed E-state index contributed by atoms with van der Waals surface area (Å²) in [5.41, 5.74) is 3.13. The molecule has 0 amide bonds. The van der Waals surface area contributed by atoms with E-state index in [0.717, 1.165) is 11.3 Å². The lowest BCUT2D eigenvalue weighted by Gasteiger charge is -2.04. The second-order valence-electron chi connectivity index (χ2n) is 2.49. The van der Waals surface area contributed by atoms with Gasteiger partial charge >= 0.3 is 0 Å². The van der Waals surface area contributed by atoms with Gasteiger partial charge in [0, 0.05) is 24.5 Å². The molecule has 0 radical (unpaired) electrons. The summed E-state index contributed by atoms with van der Waals surface area (Å²) < 4.78 is 0. The van der Waals surface area contributed by atoms with E-state index in [9.17, 15) is 0 Å². The maximum atomic E-state index is 7.12. The first-order valence-electron chi connectivity index (χ1n) is 4.57. The third kappa shape index (κ3) is 3.28. The van der Waals surface area contributed by atoms with Gasteiger partial charge in [0.25, 0.3) is 0 Å². The molecule has 0 saturated heterocycles. The van der Waals surface area contributed by atoms with Crippen molar-refractivity contribution in [1.29, 1.82) is 5.41 Å². The number of nitrogens with one attached hydrogen (secondary N) is 2. The average Bonchev–Trinajstić information content (AvgIpc) is 2.20. The van der Waals surface area contributed by atoms with E-state index in [2.05, 4.69) is 5.32 Å². The molecule has 0 fully saturated rings. The van der Waals surface area contributed by atoms with E-state index in [4.69, 9.17) is 5.41 Å². The van der Waals surface area contributed by atoms with Gasteiger partial charge in [-0.15, -0.1) is 0 Å². The minimum atomic E-state index is 0.938. The van der Waals surface area contributed by atoms with E-state index < -0.39 is 0 Å². The fourth-order valence-corrected chi connectivity index (χ4v) is 1.03. The van der Waals surface area contributed by atoms with Crippen LogP contribution in [-0.4, -0.2) is 13.3 Å². The molecule has 0 aromatic heterocycles. The van der Waals surface area contributed by atoms with E-state index in [0.29, 0.717) is 0 Å². The van der Waals surface area contributed by atoms with Crippen LogP contribution in [0, 0.1) is 12.3 Å². The smallest absolute Gasteiger partial charge is 0.0426 e. The van der Waals surface area contributed by atoms with Crippen LogP contribution in [-0.2, 0) is 0 Å². The zero-order valence-electron chi connectivity index (χ0n) is 8.81. The largest absolute Gasteiger partial charge is 0.388 e. The molecule has 0 unspecified atom stereocenters. The fraction of sp³-hybridized carbons (Fsp3) is 0.364. The van der Waals surface area contributed by atoms with Gasteiger partial charge in [-0.05, 0) is 19.1 Å². The summed E-state index contributed by atoms with van der Waals surface area (Å²) in [6, 6.07) is 5.99. The Morgan fingerprint density at radius 3 is 2.38 bits per heavy atom. The van der Waals surface area contributed by atoms with Crippen LogP contribution >= 0.6 is 0 Å². The topological polar surface area (TPSA) is 35.9 Å². The summed E-state index contributed by atoms with van der Waals surface area (Å²) in [6.07, 6.45) is 1.36. The molecule has 0 aliphatic rings. The van der Waals surface area contributed by atoms with Crippen molar-refractivity contribution in [3.8, 4) is 0 Å². The van der Waals surface area contributed by atoms with E-state index >= 15 is 0 Å². The van der Waals surface area contributed by atoms with Gasteiger partial charge in [-0.2, -0.15) is 0 Å². The zero-order chi connectivity index (χ0) is 10.3. The second kappa shape index (κ2) is 6.23. The maximum absolute atomic E-state index is 7.12. The SMILES string of the molecule is CC.CNc1ccc(C)cc1C=N. The van der Waals surface area contributed by atoms with E-state index in [-0.39, 0.29) is 0 Å². The number of benzene rings is 1. The molecule has 13 heavy (non-hydrogen) atoms. The third-order valence-electron chi connectivity index (χ3n) is 1.63. The zero-order valence-corrected chi connectivity index (χ0v) is 8.81. The van der Waals surface area contributed by atoms with E-state index in [1.165, 1.54) is 11.8 Å². The number of hydrogen-bond acceptors (Lipinski definition) is 2. The predicted molar refractivity (Wildman–Crippen MR) is 60.0 cm³/mol. The Bertz CT molecular complexity index is 267. The summed E-state index contributed by atoms with van der Waals surface area (Å²) in [7, 11) is 1.86. The van der Waals surface area contributed by atoms with Gasteiger partial charge in [-0.1, -0.05) is 25.5 Å². The predicted octanol–water partition coefficient (Wildman–Crippen LogP) is 3.06. The van der Waals surface area contributed by atoms with Gasteiger partial charge in [-0.3, -0.25) is 0 Å². The third-order valence-corrected chi connectivity index (χ3v) is 1.63. The van der Waals surface area contributed by atoms with Crippen LogP contribution in [0.2, 0.25) is 0 Å². The molecule has 2 N–H and O–H groups in total. The Labute approximate surface area is 80.5 Å². The molecule has 2 nitrogen and oxygen atoms in total. The highest BCUT2D eigenvalue weighted by atomic mass is 14.8. The summed E-state index contributed by atoms with van der Waals surface area (Å²) in [5, 5.41) is 10.1. The molecule has 1 rings (SSSR count). The standard InChI is InChI=1S/C9H12N2.C2H6/c1-7-3-4-9(11-2)8(5-7)6-10;1-2/h3-6,10-11H,1-2H3;1-2H3. The molecule has 0 aliphatic carbocycles. The summed E-state index contributed by atoms with van der Waals surface area (Å²) in [5.74, 6) is 0. The van der Waals surface area contributed by atoms with Gasteiger partial charge in [0.2, 0.25) is 0 Å². The van der Waals surface area contributed by atoms with Gasteiger partial charge in [0.15, 0.2) is 0 Å². The Hall–Kier alpha value is -1.31. The molecule has 2 heteroatoms. The molecular formula is C11H18N2. The van der Waals surface area contributed by atoms with Crippen molar-refractivity contribution in [3.05, 3.63) is 29.3 Å². The molecule has 0 spiro atoms. The van der Waals surface area contributed by atoms with Crippen LogP contribution in [0.1, 0.15) is 25.0 Å². The lowest BCUT2D eigenvalue weighted by atomic mass is 10.1. The first-order chi connectivity index (χ1) is 6.27. The van der Waals surface area contributed by atoms with Crippen LogP contribution in [0.15, 0.2) is 18.2 Å². The van der Waals surface area contributed by atoms with Crippen LogP contribution < -0.4 is 5.32 Å². The number of anilines is 1. The lowest BCUT2D eigenvalue weighted by molar-refractivity contribution is 1.41. The van der Waals surface area contributed by atoms with Crippen LogP contribution in [0.3, 0.4) is 0 Å². The summed E-state index contributed by atoms with van der Waals surface area (Å²) in [6.45, 7) is 6.02. The minimum Gasteiger partial charge on any atom is -0.388 e. The Kier molecular flexibility index (Phi) is 5.60. The summed E-state index contributed by atoms with van der Waals surface area (Å²) in [4.78, 5) is 0. The first kappa shape index (κ1) is 11.7. The molecule has 0 heterocycles. The van der Waals surface area contributed by atoms with Crippen LogP contribution in [0.4, 0.5) is 5.69 Å². The highest BCUT2D eigenvalue weighted by Crippen LogP contribution is 2.13. The number of aryl methyl sites for hydroxylation is 1. The van der Waals surface area contributed by atoms with E-state index in [1.807, 2.05) is 46.0 Å². The van der Waals surface area contributed by atoms with Crippen molar-refractivity contribution >= 4 is 11.9 Å². The van der Waals surface area contributed by atoms with Gasteiger partial charge in [0.05, 0.1) is 0 Å². The highest BCUT2D eigenvalue weighted by molar-refractivity contribution is 5.85.